The molecule has 0 aliphatic carbocycles. The van der Waals surface area contributed by atoms with Crippen LogP contribution in [0.3, 0.4) is 0 Å². The van der Waals surface area contributed by atoms with Crippen molar-refractivity contribution < 1.29 is 9.53 Å². The number of hydrogen-bond acceptors (Lipinski definition) is 3. The molecule has 0 saturated carbocycles. The molecule has 1 amide bonds. The summed E-state index contributed by atoms with van der Waals surface area (Å²) in [5, 5.41) is 6.94. The zero-order valence-corrected chi connectivity index (χ0v) is 18.7. The number of hydrazone groups is 1. The molecule has 0 radical (unpaired) electrons. The number of ether oxygens (including phenoxy) is 1. The number of carbonyl (C=O) groups is 1. The molecule has 0 aliphatic rings. The Labute approximate surface area is 193 Å². The van der Waals surface area contributed by atoms with Crippen LogP contribution < -0.4 is 10.2 Å². The van der Waals surface area contributed by atoms with E-state index in [9.17, 15) is 4.79 Å². The second-order valence-electron chi connectivity index (χ2n) is 6.79. The van der Waals surface area contributed by atoms with Gasteiger partial charge in [-0.25, -0.2) is 5.43 Å². The third kappa shape index (κ3) is 5.13. The van der Waals surface area contributed by atoms with Crippen LogP contribution in [0.25, 0.3) is 10.8 Å². The van der Waals surface area contributed by atoms with Crippen molar-refractivity contribution in [2.75, 3.05) is 0 Å². The van der Waals surface area contributed by atoms with Crippen LogP contribution in [-0.2, 0) is 6.61 Å². The Balaban J connectivity index is 1.50. The van der Waals surface area contributed by atoms with Crippen molar-refractivity contribution in [1.82, 2.24) is 5.43 Å². The van der Waals surface area contributed by atoms with Crippen LogP contribution in [0.15, 0.2) is 94.5 Å². The van der Waals surface area contributed by atoms with Crippen LogP contribution >= 0.6 is 27.5 Å². The third-order valence-corrected chi connectivity index (χ3v) is 5.65. The molecule has 154 valence electrons. The van der Waals surface area contributed by atoms with Gasteiger partial charge in [0, 0.05) is 15.1 Å². The molecule has 4 aromatic rings. The lowest BCUT2D eigenvalue weighted by Crippen LogP contribution is -2.18. The standard InChI is InChI=1S/C25H18BrClN2O2/c26-23-11-4-3-10-22(23)25(30)29-28-15-19-14-20(27)12-13-24(19)31-16-18-8-5-7-17-6-1-2-9-21(17)18/h1-15H,16H2,(H,29,30)/b28-15+. The summed E-state index contributed by atoms with van der Waals surface area (Å²) in [5.41, 5.74) is 4.78. The van der Waals surface area contributed by atoms with Crippen LogP contribution in [0.2, 0.25) is 5.02 Å². The number of nitrogens with zero attached hydrogens (tertiary/aromatic N) is 1. The van der Waals surface area contributed by atoms with Gasteiger partial charge in [0.1, 0.15) is 12.4 Å². The molecule has 0 fully saturated rings. The lowest BCUT2D eigenvalue weighted by molar-refractivity contribution is 0.0954. The number of hydrogen-bond donors (Lipinski definition) is 1. The second-order valence-corrected chi connectivity index (χ2v) is 8.08. The van der Waals surface area contributed by atoms with Gasteiger partial charge >= 0.3 is 0 Å². The maximum Gasteiger partial charge on any atom is 0.272 e. The molecule has 0 bridgehead atoms. The Bertz CT molecular complexity index is 1270. The van der Waals surface area contributed by atoms with E-state index in [2.05, 4.69) is 44.7 Å². The second kappa shape index (κ2) is 9.77. The van der Waals surface area contributed by atoms with E-state index in [1.165, 1.54) is 6.21 Å². The molecule has 4 nitrogen and oxygen atoms in total. The molecule has 0 saturated heterocycles. The van der Waals surface area contributed by atoms with Crippen molar-refractivity contribution in [3.63, 3.8) is 0 Å². The molecule has 1 N–H and O–H groups in total. The average Bonchev–Trinajstić information content (AvgIpc) is 2.79. The molecule has 4 rings (SSSR count). The molecule has 31 heavy (non-hydrogen) atoms. The van der Waals surface area contributed by atoms with Crippen molar-refractivity contribution in [3.05, 3.63) is 111 Å². The first-order chi connectivity index (χ1) is 15.1. The van der Waals surface area contributed by atoms with E-state index < -0.39 is 0 Å². The highest BCUT2D eigenvalue weighted by Gasteiger charge is 2.09. The highest BCUT2D eigenvalue weighted by Crippen LogP contribution is 2.25. The fourth-order valence-electron chi connectivity index (χ4n) is 3.19. The van der Waals surface area contributed by atoms with E-state index in [1.54, 1.807) is 36.4 Å². The number of carbonyl (C=O) groups excluding carboxylic acids is 1. The molecule has 6 heteroatoms. The van der Waals surface area contributed by atoms with E-state index in [0.717, 1.165) is 16.3 Å². The molecule has 0 spiro atoms. The minimum absolute atomic E-state index is 0.316. The van der Waals surface area contributed by atoms with Crippen LogP contribution in [0.5, 0.6) is 5.75 Å². The van der Waals surface area contributed by atoms with E-state index in [-0.39, 0.29) is 5.91 Å². The average molecular weight is 494 g/mol. The summed E-state index contributed by atoms with van der Waals surface area (Å²) < 4.78 is 6.78. The quantitative estimate of drug-likeness (QED) is 0.243. The van der Waals surface area contributed by atoms with Crippen molar-refractivity contribution in [2.45, 2.75) is 6.61 Å². The molecular weight excluding hydrogens is 476 g/mol. The maximum absolute atomic E-state index is 12.3. The predicted octanol–water partition coefficient (Wildman–Crippen LogP) is 6.60. The minimum Gasteiger partial charge on any atom is -0.488 e. The smallest absolute Gasteiger partial charge is 0.272 e. The molecule has 0 unspecified atom stereocenters. The van der Waals surface area contributed by atoms with Crippen LogP contribution in [0.1, 0.15) is 21.5 Å². The Morgan fingerprint density at radius 3 is 2.65 bits per heavy atom. The first kappa shape index (κ1) is 21.1. The number of fused-ring (bicyclic) bond motifs is 1. The first-order valence-corrected chi connectivity index (χ1v) is 10.8. The van der Waals surface area contributed by atoms with Gasteiger partial charge in [-0.3, -0.25) is 4.79 Å². The number of amides is 1. The SMILES string of the molecule is O=C(N/N=C/c1cc(Cl)ccc1OCc1cccc2ccccc12)c1ccccc1Br. The normalized spacial score (nSPS) is 11.0. The van der Waals surface area contributed by atoms with Gasteiger partial charge in [0.25, 0.3) is 5.91 Å². The molecular formula is C25H18BrClN2O2. The van der Waals surface area contributed by atoms with Crippen molar-refractivity contribution in [3.8, 4) is 5.75 Å². The first-order valence-electron chi connectivity index (χ1n) is 9.59. The Hall–Kier alpha value is -3.15. The monoisotopic (exact) mass is 492 g/mol. The summed E-state index contributed by atoms with van der Waals surface area (Å²) in [7, 11) is 0. The van der Waals surface area contributed by atoms with E-state index in [1.807, 2.05) is 30.3 Å². The molecule has 0 heterocycles. The maximum atomic E-state index is 12.3. The van der Waals surface area contributed by atoms with Gasteiger partial charge in [0.2, 0.25) is 0 Å². The topological polar surface area (TPSA) is 50.7 Å². The Morgan fingerprint density at radius 2 is 1.77 bits per heavy atom. The lowest BCUT2D eigenvalue weighted by Gasteiger charge is -2.11. The van der Waals surface area contributed by atoms with Crippen LogP contribution in [0, 0.1) is 0 Å². The Kier molecular flexibility index (Phi) is 6.65. The third-order valence-electron chi connectivity index (χ3n) is 4.72. The lowest BCUT2D eigenvalue weighted by atomic mass is 10.1. The van der Waals surface area contributed by atoms with Gasteiger partial charge in [0.05, 0.1) is 11.8 Å². The summed E-state index contributed by atoms with van der Waals surface area (Å²) in [4.78, 5) is 12.3. The van der Waals surface area contributed by atoms with Crippen LogP contribution in [-0.4, -0.2) is 12.1 Å². The van der Waals surface area contributed by atoms with Gasteiger partial charge in [-0.05, 0) is 62.6 Å². The summed E-state index contributed by atoms with van der Waals surface area (Å²) in [6.07, 6.45) is 1.53. The zero-order chi connectivity index (χ0) is 21.6. The fraction of sp³-hybridized carbons (Fsp3) is 0.0400. The number of benzene rings is 4. The predicted molar refractivity (Wildman–Crippen MR) is 129 cm³/mol. The zero-order valence-electron chi connectivity index (χ0n) is 16.4. The van der Waals surface area contributed by atoms with Gasteiger partial charge in [-0.1, -0.05) is 66.2 Å². The van der Waals surface area contributed by atoms with Gasteiger partial charge < -0.3 is 4.74 Å². The van der Waals surface area contributed by atoms with Crippen molar-refractivity contribution in [2.24, 2.45) is 5.10 Å². The number of nitrogens with one attached hydrogen (secondary N) is 1. The summed E-state index contributed by atoms with van der Waals surface area (Å²) in [6.45, 7) is 0.396. The van der Waals surface area contributed by atoms with Gasteiger partial charge in [-0.2, -0.15) is 5.10 Å². The Morgan fingerprint density at radius 1 is 1.00 bits per heavy atom. The summed E-state index contributed by atoms with van der Waals surface area (Å²) in [6, 6.07) is 26.8. The molecule has 4 aromatic carbocycles. The minimum atomic E-state index is -0.316. The molecule has 0 aliphatic heterocycles. The summed E-state index contributed by atoms with van der Waals surface area (Å²) >= 11 is 9.52. The van der Waals surface area contributed by atoms with E-state index >= 15 is 0 Å². The molecule has 0 atom stereocenters. The van der Waals surface area contributed by atoms with Gasteiger partial charge in [-0.15, -0.1) is 0 Å². The van der Waals surface area contributed by atoms with Crippen molar-refractivity contribution >= 4 is 50.4 Å². The highest BCUT2D eigenvalue weighted by atomic mass is 79.9. The molecule has 0 aromatic heterocycles. The van der Waals surface area contributed by atoms with Crippen LogP contribution in [0.4, 0.5) is 0 Å². The highest BCUT2D eigenvalue weighted by molar-refractivity contribution is 9.10. The summed E-state index contributed by atoms with van der Waals surface area (Å²) in [5.74, 6) is 0.306. The van der Waals surface area contributed by atoms with E-state index in [0.29, 0.717) is 33.0 Å². The van der Waals surface area contributed by atoms with Crippen molar-refractivity contribution in [1.29, 1.82) is 0 Å². The number of halogens is 2. The number of rotatable bonds is 6. The van der Waals surface area contributed by atoms with E-state index in [4.69, 9.17) is 16.3 Å². The fourth-order valence-corrected chi connectivity index (χ4v) is 3.84. The van der Waals surface area contributed by atoms with Gasteiger partial charge in [0.15, 0.2) is 0 Å². The largest absolute Gasteiger partial charge is 0.488 e.